The van der Waals surface area contributed by atoms with Gasteiger partial charge in [-0.05, 0) is 19.1 Å². The van der Waals surface area contributed by atoms with Crippen LogP contribution < -0.4 is 5.73 Å². The molecule has 2 aromatic rings. The van der Waals surface area contributed by atoms with E-state index in [1.54, 1.807) is 14.0 Å². The van der Waals surface area contributed by atoms with E-state index < -0.39 is 12.1 Å². The molecule has 0 aliphatic rings. The highest BCUT2D eigenvalue weighted by molar-refractivity contribution is 5.76. The van der Waals surface area contributed by atoms with E-state index in [4.69, 9.17) is 10.5 Å². The average Bonchev–Trinajstić information content (AvgIpc) is 2.73. The highest BCUT2D eigenvalue weighted by Crippen LogP contribution is 2.21. The van der Waals surface area contributed by atoms with Crippen molar-refractivity contribution in [2.45, 2.75) is 25.6 Å². The summed E-state index contributed by atoms with van der Waals surface area (Å²) in [6, 6.07) is 7.35. The second kappa shape index (κ2) is 5.48. The van der Waals surface area contributed by atoms with E-state index in [0.717, 1.165) is 11.0 Å². The second-order valence-corrected chi connectivity index (χ2v) is 4.37. The summed E-state index contributed by atoms with van der Waals surface area (Å²) in [5, 5.41) is 9.64. The number of nitrogens with two attached hydrogens (primary N) is 1. The number of hydrogen-bond acceptors (Lipinski definition) is 4. The van der Waals surface area contributed by atoms with Crippen molar-refractivity contribution >= 4 is 11.0 Å². The van der Waals surface area contributed by atoms with Crippen molar-refractivity contribution < 1.29 is 9.84 Å². The molecule has 5 heteroatoms. The third kappa shape index (κ3) is 2.38. The molecule has 1 aromatic carbocycles. The molecule has 0 bridgehead atoms. The van der Waals surface area contributed by atoms with Crippen LogP contribution in [0.1, 0.15) is 18.8 Å². The normalized spacial score (nSPS) is 14.9. The summed E-state index contributed by atoms with van der Waals surface area (Å²) in [6.07, 6.45) is -0.636. The van der Waals surface area contributed by atoms with Gasteiger partial charge in [0.05, 0.1) is 29.8 Å². The first-order valence-electron chi connectivity index (χ1n) is 6.03. The maximum Gasteiger partial charge on any atom is 0.129 e. The number of imidazole rings is 1. The maximum absolute atomic E-state index is 9.64. The summed E-state index contributed by atoms with van der Waals surface area (Å²) >= 11 is 0. The number of nitrogens with zero attached hydrogens (tertiary/aromatic N) is 2. The zero-order chi connectivity index (χ0) is 13.1. The predicted octanol–water partition coefficient (Wildman–Crippen LogP) is 1.06. The van der Waals surface area contributed by atoms with Gasteiger partial charge < -0.3 is 20.1 Å². The van der Waals surface area contributed by atoms with Gasteiger partial charge in [0.1, 0.15) is 5.82 Å². The van der Waals surface area contributed by atoms with Crippen LogP contribution in [0.25, 0.3) is 11.0 Å². The summed E-state index contributed by atoms with van der Waals surface area (Å²) < 4.78 is 7.12. The van der Waals surface area contributed by atoms with Gasteiger partial charge in [0.2, 0.25) is 0 Å². The maximum atomic E-state index is 9.64. The zero-order valence-corrected chi connectivity index (χ0v) is 10.7. The smallest absolute Gasteiger partial charge is 0.129 e. The SMILES string of the molecule is COCCn1c(C(N)C(C)O)nc2ccccc21. The van der Waals surface area contributed by atoms with E-state index in [-0.39, 0.29) is 0 Å². The Morgan fingerprint density at radius 2 is 2.17 bits per heavy atom. The van der Waals surface area contributed by atoms with E-state index in [1.807, 2.05) is 28.8 Å². The lowest BCUT2D eigenvalue weighted by Crippen LogP contribution is -2.27. The fraction of sp³-hybridized carbons (Fsp3) is 0.462. The van der Waals surface area contributed by atoms with E-state index in [0.29, 0.717) is 19.0 Å². The number of aliphatic hydroxyl groups is 1. The first-order valence-corrected chi connectivity index (χ1v) is 6.03. The Morgan fingerprint density at radius 3 is 2.83 bits per heavy atom. The van der Waals surface area contributed by atoms with Crippen molar-refractivity contribution in [3.8, 4) is 0 Å². The van der Waals surface area contributed by atoms with Gasteiger partial charge in [0, 0.05) is 13.7 Å². The van der Waals surface area contributed by atoms with Crippen LogP contribution in [0.15, 0.2) is 24.3 Å². The van der Waals surface area contributed by atoms with Crippen molar-refractivity contribution in [2.24, 2.45) is 5.73 Å². The van der Waals surface area contributed by atoms with Crippen molar-refractivity contribution in [3.63, 3.8) is 0 Å². The Hall–Kier alpha value is -1.43. The summed E-state index contributed by atoms with van der Waals surface area (Å²) in [6.45, 7) is 2.93. The fourth-order valence-electron chi connectivity index (χ4n) is 1.98. The lowest BCUT2D eigenvalue weighted by Gasteiger charge is -2.16. The molecule has 0 aliphatic heterocycles. The van der Waals surface area contributed by atoms with E-state index in [9.17, 15) is 5.11 Å². The van der Waals surface area contributed by atoms with Gasteiger partial charge in [-0.1, -0.05) is 12.1 Å². The van der Waals surface area contributed by atoms with Crippen LogP contribution in [-0.2, 0) is 11.3 Å². The number of hydrogen-bond donors (Lipinski definition) is 2. The Morgan fingerprint density at radius 1 is 1.44 bits per heavy atom. The minimum Gasteiger partial charge on any atom is -0.391 e. The molecule has 18 heavy (non-hydrogen) atoms. The fourth-order valence-corrected chi connectivity index (χ4v) is 1.98. The van der Waals surface area contributed by atoms with Gasteiger partial charge in [-0.2, -0.15) is 0 Å². The third-order valence-corrected chi connectivity index (χ3v) is 3.02. The monoisotopic (exact) mass is 249 g/mol. The molecule has 0 radical (unpaired) electrons. The molecule has 2 atom stereocenters. The van der Waals surface area contributed by atoms with Crippen LogP contribution in [0.5, 0.6) is 0 Å². The van der Waals surface area contributed by atoms with E-state index in [1.165, 1.54) is 0 Å². The zero-order valence-electron chi connectivity index (χ0n) is 10.7. The summed E-state index contributed by atoms with van der Waals surface area (Å²) in [5.74, 6) is 0.697. The minimum absolute atomic E-state index is 0.491. The molecule has 0 fully saturated rings. The molecule has 1 heterocycles. The van der Waals surface area contributed by atoms with Gasteiger partial charge in [0.15, 0.2) is 0 Å². The number of aliphatic hydroxyl groups excluding tert-OH is 1. The van der Waals surface area contributed by atoms with E-state index in [2.05, 4.69) is 4.98 Å². The topological polar surface area (TPSA) is 73.3 Å². The predicted molar refractivity (Wildman–Crippen MR) is 70.2 cm³/mol. The molecule has 0 aliphatic carbocycles. The molecule has 2 unspecified atom stereocenters. The van der Waals surface area contributed by atoms with Crippen molar-refractivity contribution in [3.05, 3.63) is 30.1 Å². The molecule has 0 amide bonds. The standard InChI is InChI=1S/C13H19N3O2/c1-9(17)12(14)13-15-10-5-3-4-6-11(10)16(13)7-8-18-2/h3-6,9,12,17H,7-8,14H2,1-2H3. The van der Waals surface area contributed by atoms with Gasteiger partial charge >= 0.3 is 0 Å². The van der Waals surface area contributed by atoms with Gasteiger partial charge in [-0.3, -0.25) is 0 Å². The van der Waals surface area contributed by atoms with Crippen LogP contribution in [0.2, 0.25) is 0 Å². The van der Waals surface area contributed by atoms with Crippen molar-refractivity contribution in [2.75, 3.05) is 13.7 Å². The number of benzene rings is 1. The first kappa shape index (κ1) is 13.0. The van der Waals surface area contributed by atoms with Crippen LogP contribution in [-0.4, -0.2) is 34.5 Å². The molecular weight excluding hydrogens is 230 g/mol. The molecule has 0 saturated heterocycles. The molecule has 1 aromatic heterocycles. The number of fused-ring (bicyclic) bond motifs is 1. The van der Waals surface area contributed by atoms with Crippen LogP contribution in [0.3, 0.4) is 0 Å². The van der Waals surface area contributed by atoms with Gasteiger partial charge in [-0.15, -0.1) is 0 Å². The van der Waals surface area contributed by atoms with Gasteiger partial charge in [-0.25, -0.2) is 4.98 Å². The summed E-state index contributed by atoms with van der Waals surface area (Å²) in [5.41, 5.74) is 7.90. The first-order chi connectivity index (χ1) is 8.65. The Labute approximate surface area is 106 Å². The molecule has 0 saturated carbocycles. The third-order valence-electron chi connectivity index (χ3n) is 3.02. The Kier molecular flexibility index (Phi) is 3.96. The number of aromatic nitrogens is 2. The quantitative estimate of drug-likeness (QED) is 0.831. The highest BCUT2D eigenvalue weighted by Gasteiger charge is 2.20. The molecular formula is C13H19N3O2. The molecule has 5 nitrogen and oxygen atoms in total. The van der Waals surface area contributed by atoms with Crippen molar-refractivity contribution in [1.29, 1.82) is 0 Å². The average molecular weight is 249 g/mol. The number of methoxy groups -OCH3 is 1. The van der Waals surface area contributed by atoms with E-state index >= 15 is 0 Å². The van der Waals surface area contributed by atoms with Crippen LogP contribution >= 0.6 is 0 Å². The Bertz CT molecular complexity index is 522. The summed E-state index contributed by atoms with van der Waals surface area (Å²) in [7, 11) is 1.66. The largest absolute Gasteiger partial charge is 0.391 e. The molecule has 0 spiro atoms. The van der Waals surface area contributed by atoms with Crippen LogP contribution in [0, 0.1) is 0 Å². The molecule has 98 valence electrons. The van der Waals surface area contributed by atoms with Crippen LogP contribution in [0.4, 0.5) is 0 Å². The molecule has 2 rings (SSSR count). The number of para-hydroxylation sites is 2. The number of rotatable bonds is 5. The number of ether oxygens (including phenoxy) is 1. The highest BCUT2D eigenvalue weighted by atomic mass is 16.5. The second-order valence-electron chi connectivity index (χ2n) is 4.37. The minimum atomic E-state index is -0.636. The van der Waals surface area contributed by atoms with Gasteiger partial charge in [0.25, 0.3) is 0 Å². The van der Waals surface area contributed by atoms with Crippen molar-refractivity contribution in [1.82, 2.24) is 9.55 Å². The lowest BCUT2D eigenvalue weighted by molar-refractivity contribution is 0.155. The summed E-state index contributed by atoms with van der Waals surface area (Å²) in [4.78, 5) is 4.51. The lowest BCUT2D eigenvalue weighted by atomic mass is 10.2. The molecule has 3 N–H and O–H groups in total. The Balaban J connectivity index is 2.49.